The molecular formula is C20H22N4O2. The molecular weight excluding hydrogens is 328 g/mol. The quantitative estimate of drug-likeness (QED) is 0.767. The Bertz CT molecular complexity index is 969. The molecule has 4 rings (SSSR count). The van der Waals surface area contributed by atoms with Crippen LogP contribution in [0, 0.1) is 5.92 Å². The van der Waals surface area contributed by atoms with E-state index in [-0.39, 0.29) is 5.56 Å². The van der Waals surface area contributed by atoms with Crippen LogP contribution in [0.25, 0.3) is 5.65 Å². The summed E-state index contributed by atoms with van der Waals surface area (Å²) in [7, 11) is 1.71. The molecule has 6 heteroatoms. The zero-order valence-electron chi connectivity index (χ0n) is 14.8. The summed E-state index contributed by atoms with van der Waals surface area (Å²) in [6, 6.07) is 15.2. The van der Waals surface area contributed by atoms with E-state index < -0.39 is 0 Å². The zero-order chi connectivity index (χ0) is 17.9. The maximum atomic E-state index is 12.2. The summed E-state index contributed by atoms with van der Waals surface area (Å²) in [5.41, 5.74) is 1.73. The molecule has 0 aliphatic carbocycles. The van der Waals surface area contributed by atoms with Gasteiger partial charge >= 0.3 is 0 Å². The van der Waals surface area contributed by atoms with E-state index in [1.165, 1.54) is 0 Å². The second kappa shape index (κ2) is 7.07. The van der Waals surface area contributed by atoms with Crippen LogP contribution in [0.15, 0.2) is 59.5 Å². The van der Waals surface area contributed by atoms with Crippen molar-refractivity contribution in [1.29, 1.82) is 0 Å². The van der Waals surface area contributed by atoms with E-state index in [1.807, 2.05) is 36.4 Å². The van der Waals surface area contributed by atoms with Gasteiger partial charge in [-0.3, -0.25) is 9.20 Å². The zero-order valence-corrected chi connectivity index (χ0v) is 14.8. The molecule has 1 aliphatic rings. The molecule has 1 N–H and O–H groups in total. The van der Waals surface area contributed by atoms with Gasteiger partial charge in [-0.1, -0.05) is 18.2 Å². The summed E-state index contributed by atoms with van der Waals surface area (Å²) in [5, 5.41) is 3.34. The molecule has 1 atom stereocenters. The van der Waals surface area contributed by atoms with Gasteiger partial charge in [0.15, 0.2) is 0 Å². The van der Waals surface area contributed by atoms with Gasteiger partial charge in [-0.15, -0.1) is 0 Å². The maximum Gasteiger partial charge on any atom is 0.259 e. The van der Waals surface area contributed by atoms with E-state index >= 15 is 0 Å². The van der Waals surface area contributed by atoms with Crippen molar-refractivity contribution >= 4 is 17.2 Å². The average Bonchev–Trinajstić information content (AvgIpc) is 3.15. The largest absolute Gasteiger partial charge is 0.495 e. The van der Waals surface area contributed by atoms with Crippen LogP contribution in [-0.4, -0.2) is 36.1 Å². The third kappa shape index (κ3) is 3.22. The Balaban J connectivity index is 1.43. The van der Waals surface area contributed by atoms with Gasteiger partial charge in [0.25, 0.3) is 5.56 Å². The molecule has 0 bridgehead atoms. The van der Waals surface area contributed by atoms with Crippen LogP contribution in [0.1, 0.15) is 6.42 Å². The first kappa shape index (κ1) is 16.4. The second-order valence-corrected chi connectivity index (χ2v) is 6.56. The fourth-order valence-corrected chi connectivity index (χ4v) is 3.50. The van der Waals surface area contributed by atoms with Crippen molar-refractivity contribution in [3.05, 3.63) is 65.1 Å². The van der Waals surface area contributed by atoms with Crippen molar-refractivity contribution in [3.63, 3.8) is 0 Å². The van der Waals surface area contributed by atoms with Crippen LogP contribution in [0.3, 0.4) is 0 Å². The maximum absolute atomic E-state index is 12.2. The molecule has 1 fully saturated rings. The van der Waals surface area contributed by atoms with Crippen molar-refractivity contribution in [2.24, 2.45) is 5.92 Å². The van der Waals surface area contributed by atoms with Crippen molar-refractivity contribution in [1.82, 2.24) is 9.38 Å². The molecule has 6 nitrogen and oxygen atoms in total. The molecule has 1 aromatic carbocycles. The monoisotopic (exact) mass is 350 g/mol. The van der Waals surface area contributed by atoms with Gasteiger partial charge in [-0.05, 0) is 36.6 Å². The first-order chi connectivity index (χ1) is 12.7. The van der Waals surface area contributed by atoms with Crippen molar-refractivity contribution < 1.29 is 4.74 Å². The predicted molar refractivity (Wildman–Crippen MR) is 103 cm³/mol. The number of nitrogens with one attached hydrogen (secondary N) is 1. The molecule has 1 aliphatic heterocycles. The molecule has 1 unspecified atom stereocenters. The molecule has 0 spiro atoms. The van der Waals surface area contributed by atoms with E-state index in [0.29, 0.717) is 17.4 Å². The molecule has 2 aromatic heterocycles. The second-order valence-electron chi connectivity index (χ2n) is 6.56. The number of anilines is 2. The van der Waals surface area contributed by atoms with E-state index in [9.17, 15) is 4.79 Å². The van der Waals surface area contributed by atoms with E-state index in [0.717, 1.165) is 37.5 Å². The molecule has 0 amide bonds. The van der Waals surface area contributed by atoms with Gasteiger partial charge in [0.1, 0.15) is 17.2 Å². The highest BCUT2D eigenvalue weighted by atomic mass is 16.5. The van der Waals surface area contributed by atoms with Crippen molar-refractivity contribution in [3.8, 4) is 5.75 Å². The lowest BCUT2D eigenvalue weighted by Gasteiger charge is -2.21. The Labute approximate surface area is 152 Å². The number of nitrogens with zero attached hydrogens (tertiary/aromatic N) is 3. The topological polar surface area (TPSA) is 58.9 Å². The van der Waals surface area contributed by atoms with Gasteiger partial charge in [-0.2, -0.15) is 0 Å². The summed E-state index contributed by atoms with van der Waals surface area (Å²) < 4.78 is 7.02. The molecule has 26 heavy (non-hydrogen) atoms. The normalized spacial score (nSPS) is 16.8. The van der Waals surface area contributed by atoms with Gasteiger partial charge in [-0.25, -0.2) is 4.98 Å². The summed E-state index contributed by atoms with van der Waals surface area (Å²) in [4.78, 5) is 19.0. The Morgan fingerprint density at radius 1 is 1.23 bits per heavy atom. The average molecular weight is 350 g/mol. The van der Waals surface area contributed by atoms with Crippen LogP contribution < -0.4 is 20.5 Å². The number of benzene rings is 1. The lowest BCUT2D eigenvalue weighted by molar-refractivity contribution is 0.414. The van der Waals surface area contributed by atoms with Gasteiger partial charge < -0.3 is 15.0 Å². The minimum Gasteiger partial charge on any atom is -0.495 e. The Hall–Kier alpha value is -3.02. The Morgan fingerprint density at radius 3 is 2.96 bits per heavy atom. The number of para-hydroxylation sites is 2. The Morgan fingerprint density at radius 2 is 2.08 bits per heavy atom. The Kier molecular flexibility index (Phi) is 4.48. The van der Waals surface area contributed by atoms with Crippen molar-refractivity contribution in [2.45, 2.75) is 6.42 Å². The molecule has 0 saturated carbocycles. The standard InChI is InChI=1S/C20H22N4O2/c1-26-17-7-3-2-6-16(17)23-11-9-15(14-23)13-21-18-12-20(25)24-10-5-4-8-19(24)22-18/h2-8,10,12,15,21H,9,11,13-14H2,1H3. The lowest BCUT2D eigenvalue weighted by Crippen LogP contribution is -2.23. The number of pyridine rings is 1. The highest BCUT2D eigenvalue weighted by molar-refractivity contribution is 5.59. The molecule has 0 radical (unpaired) electrons. The lowest BCUT2D eigenvalue weighted by atomic mass is 10.1. The first-order valence-corrected chi connectivity index (χ1v) is 8.85. The number of fused-ring (bicyclic) bond motifs is 1. The summed E-state index contributed by atoms with van der Waals surface area (Å²) in [6.07, 6.45) is 2.83. The SMILES string of the molecule is COc1ccccc1N1CCC(CNc2cc(=O)n3ccccc3n2)C1. The number of rotatable bonds is 5. The minimum atomic E-state index is -0.0693. The summed E-state index contributed by atoms with van der Waals surface area (Å²) in [6.45, 7) is 2.75. The predicted octanol–water partition coefficient (Wildman–Crippen LogP) is 2.64. The molecule has 134 valence electrons. The van der Waals surface area contributed by atoms with Gasteiger partial charge in [0.05, 0.1) is 12.8 Å². The summed E-state index contributed by atoms with van der Waals surface area (Å²) >= 11 is 0. The number of hydrogen-bond acceptors (Lipinski definition) is 5. The minimum absolute atomic E-state index is 0.0693. The molecule has 3 aromatic rings. The van der Waals surface area contributed by atoms with Crippen LogP contribution >= 0.6 is 0 Å². The highest BCUT2D eigenvalue weighted by Crippen LogP contribution is 2.31. The highest BCUT2D eigenvalue weighted by Gasteiger charge is 2.24. The smallest absolute Gasteiger partial charge is 0.259 e. The van der Waals surface area contributed by atoms with Crippen molar-refractivity contribution in [2.75, 3.05) is 37.0 Å². The van der Waals surface area contributed by atoms with E-state index in [1.54, 1.807) is 23.8 Å². The number of aromatic nitrogens is 2. The fourth-order valence-electron chi connectivity index (χ4n) is 3.50. The van der Waals surface area contributed by atoms with Gasteiger partial charge in [0.2, 0.25) is 0 Å². The van der Waals surface area contributed by atoms with Gasteiger partial charge in [0, 0.05) is 31.9 Å². The van der Waals surface area contributed by atoms with Crippen LogP contribution in [0.4, 0.5) is 11.5 Å². The third-order valence-electron chi connectivity index (χ3n) is 4.85. The van der Waals surface area contributed by atoms with Crippen LogP contribution in [-0.2, 0) is 0 Å². The third-order valence-corrected chi connectivity index (χ3v) is 4.85. The fraction of sp³-hybridized carbons (Fsp3) is 0.300. The van der Waals surface area contributed by atoms with E-state index in [4.69, 9.17) is 4.74 Å². The number of ether oxygens (including phenoxy) is 1. The number of hydrogen-bond donors (Lipinski definition) is 1. The summed E-state index contributed by atoms with van der Waals surface area (Å²) in [5.74, 6) is 2.04. The van der Waals surface area contributed by atoms with E-state index in [2.05, 4.69) is 21.3 Å². The van der Waals surface area contributed by atoms with Crippen LogP contribution in [0.5, 0.6) is 5.75 Å². The molecule has 1 saturated heterocycles. The van der Waals surface area contributed by atoms with Crippen LogP contribution in [0.2, 0.25) is 0 Å². The molecule has 3 heterocycles. The number of methoxy groups -OCH3 is 1. The first-order valence-electron chi connectivity index (χ1n) is 8.85.